The van der Waals surface area contributed by atoms with Gasteiger partial charge in [0.05, 0.1) is 24.7 Å². The fraction of sp³-hybridized carbons (Fsp3) is 0.296. The molecule has 0 saturated carbocycles. The summed E-state index contributed by atoms with van der Waals surface area (Å²) in [5, 5.41) is 15.1. The van der Waals surface area contributed by atoms with E-state index in [0.29, 0.717) is 35.3 Å². The van der Waals surface area contributed by atoms with Gasteiger partial charge in [-0.1, -0.05) is 23.8 Å². The van der Waals surface area contributed by atoms with Crippen LogP contribution in [-0.2, 0) is 14.3 Å². The topological polar surface area (TPSA) is 127 Å². The summed E-state index contributed by atoms with van der Waals surface area (Å²) in [6.07, 6.45) is 14.7. The molecule has 3 aliphatic rings. The van der Waals surface area contributed by atoms with Crippen molar-refractivity contribution in [3.8, 4) is 0 Å². The van der Waals surface area contributed by atoms with Crippen molar-refractivity contribution in [1.82, 2.24) is 15.6 Å². The molecule has 0 fully saturated rings. The van der Waals surface area contributed by atoms with Crippen LogP contribution in [-0.4, -0.2) is 48.0 Å². The quantitative estimate of drug-likeness (QED) is 0.283. The molecule has 0 bridgehead atoms. The SMILES string of the molecule is Nc1ccc(C=CC(=O)NCC2=CC3CC(C4=CC=C(C(=O)CNCCO)CC4)=CC(Cl)=C3O2)cn1. The Morgan fingerprint density at radius 2 is 2.11 bits per heavy atom. The summed E-state index contributed by atoms with van der Waals surface area (Å²) in [7, 11) is 0. The van der Waals surface area contributed by atoms with Crippen molar-refractivity contribution in [3.63, 3.8) is 0 Å². The number of fused-ring (bicyclic) bond motifs is 1. The highest BCUT2D eigenvalue weighted by Gasteiger charge is 2.31. The molecular formula is C27H29ClN4O4. The third-order valence-corrected chi connectivity index (χ3v) is 6.40. The predicted octanol–water partition coefficient (Wildman–Crippen LogP) is 2.90. The number of carbonyl (C=O) groups is 2. The molecule has 5 N–H and O–H groups in total. The molecule has 1 atom stereocenters. The molecule has 0 saturated heterocycles. The van der Waals surface area contributed by atoms with E-state index in [-0.39, 0.29) is 37.3 Å². The van der Waals surface area contributed by atoms with Crippen LogP contribution >= 0.6 is 11.6 Å². The highest BCUT2D eigenvalue weighted by molar-refractivity contribution is 6.31. The number of halogens is 1. The molecule has 0 radical (unpaired) electrons. The number of hydrogen-bond donors (Lipinski definition) is 4. The lowest BCUT2D eigenvalue weighted by molar-refractivity contribution is -0.116. The van der Waals surface area contributed by atoms with Crippen molar-refractivity contribution in [2.75, 3.05) is 32.0 Å². The van der Waals surface area contributed by atoms with Crippen LogP contribution in [0, 0.1) is 5.92 Å². The zero-order valence-electron chi connectivity index (χ0n) is 19.8. The Bertz CT molecular complexity index is 1210. The second-order valence-electron chi connectivity index (χ2n) is 8.70. The molecule has 9 heteroatoms. The van der Waals surface area contributed by atoms with Gasteiger partial charge in [-0.25, -0.2) is 4.98 Å². The van der Waals surface area contributed by atoms with Crippen molar-refractivity contribution in [2.24, 2.45) is 5.92 Å². The molecule has 1 aromatic rings. The van der Waals surface area contributed by atoms with E-state index in [2.05, 4.69) is 15.6 Å². The maximum atomic E-state index is 12.3. The van der Waals surface area contributed by atoms with Gasteiger partial charge in [0.1, 0.15) is 17.3 Å². The standard InChI is InChI=1S/C27H29ClN4O4/c28-23-13-20(18-3-5-19(6-4-18)24(34)16-30-9-10-33)11-21-12-22(36-27(21)23)15-32-26(35)8-2-17-1-7-25(29)31-14-17/h1-3,5,7-8,12-14,21,30,33H,4,6,9-11,15-16H2,(H2,29,31)(H,32,35). The monoisotopic (exact) mass is 508 g/mol. The molecule has 1 amide bonds. The number of aliphatic hydroxyl groups excluding tert-OH is 1. The lowest BCUT2D eigenvalue weighted by Crippen LogP contribution is -2.27. The second kappa shape index (κ2) is 12.0. The first-order valence-electron chi connectivity index (χ1n) is 11.8. The normalized spacial score (nSPS) is 19.2. The van der Waals surface area contributed by atoms with Crippen molar-refractivity contribution in [2.45, 2.75) is 19.3 Å². The van der Waals surface area contributed by atoms with Crippen molar-refractivity contribution in [3.05, 3.63) is 87.5 Å². The Kier molecular flexibility index (Phi) is 8.53. The minimum atomic E-state index is -0.249. The fourth-order valence-corrected chi connectivity index (χ4v) is 4.53. The molecule has 1 unspecified atom stereocenters. The first kappa shape index (κ1) is 25.6. The van der Waals surface area contributed by atoms with Gasteiger partial charge in [0.2, 0.25) is 5.91 Å². The number of nitrogen functional groups attached to an aromatic ring is 1. The fourth-order valence-electron chi connectivity index (χ4n) is 4.22. The van der Waals surface area contributed by atoms with Gasteiger partial charge in [0, 0.05) is 24.7 Å². The van der Waals surface area contributed by atoms with Gasteiger partial charge in [0.25, 0.3) is 0 Å². The molecule has 1 aromatic heterocycles. The van der Waals surface area contributed by atoms with Crippen LogP contribution < -0.4 is 16.4 Å². The van der Waals surface area contributed by atoms with E-state index in [1.165, 1.54) is 6.08 Å². The van der Waals surface area contributed by atoms with E-state index in [1.807, 2.05) is 24.3 Å². The smallest absolute Gasteiger partial charge is 0.244 e. The van der Waals surface area contributed by atoms with E-state index in [9.17, 15) is 9.59 Å². The third kappa shape index (κ3) is 6.60. The number of nitrogens with one attached hydrogen (secondary N) is 2. The molecule has 188 valence electrons. The van der Waals surface area contributed by atoms with Crippen molar-refractivity contribution >= 4 is 35.2 Å². The number of ketones is 1. The van der Waals surface area contributed by atoms with Gasteiger partial charge in [-0.15, -0.1) is 0 Å². The van der Waals surface area contributed by atoms with Gasteiger partial charge >= 0.3 is 0 Å². The average molecular weight is 509 g/mol. The van der Waals surface area contributed by atoms with Gasteiger partial charge in [-0.2, -0.15) is 0 Å². The minimum Gasteiger partial charge on any atom is -0.462 e. The number of ether oxygens (including phenoxy) is 1. The summed E-state index contributed by atoms with van der Waals surface area (Å²) in [5.74, 6) is 1.59. The molecule has 8 nitrogen and oxygen atoms in total. The summed E-state index contributed by atoms with van der Waals surface area (Å²) < 4.78 is 5.94. The predicted molar refractivity (Wildman–Crippen MR) is 139 cm³/mol. The van der Waals surface area contributed by atoms with Crippen LogP contribution in [0.5, 0.6) is 0 Å². The number of rotatable bonds is 10. The summed E-state index contributed by atoms with van der Waals surface area (Å²) >= 11 is 6.54. The van der Waals surface area contributed by atoms with Crippen LogP contribution in [0.3, 0.4) is 0 Å². The Balaban J connectivity index is 1.32. The molecular weight excluding hydrogens is 480 g/mol. The largest absolute Gasteiger partial charge is 0.462 e. The number of hydrogen-bond acceptors (Lipinski definition) is 7. The molecule has 36 heavy (non-hydrogen) atoms. The Morgan fingerprint density at radius 3 is 2.83 bits per heavy atom. The summed E-state index contributed by atoms with van der Waals surface area (Å²) in [5.41, 5.74) is 9.41. The first-order chi connectivity index (χ1) is 17.4. The van der Waals surface area contributed by atoms with Crippen LogP contribution in [0.4, 0.5) is 5.82 Å². The third-order valence-electron chi connectivity index (χ3n) is 6.11. The minimum absolute atomic E-state index is 0.00763. The Labute approximate surface area is 214 Å². The number of anilines is 1. The lowest BCUT2D eigenvalue weighted by atomic mass is 9.84. The van der Waals surface area contributed by atoms with Crippen molar-refractivity contribution in [1.29, 1.82) is 0 Å². The van der Waals surface area contributed by atoms with Crippen LogP contribution in [0.2, 0.25) is 0 Å². The highest BCUT2D eigenvalue weighted by Crippen LogP contribution is 2.42. The second-order valence-corrected chi connectivity index (χ2v) is 9.11. The van der Waals surface area contributed by atoms with E-state index in [0.717, 1.165) is 35.1 Å². The van der Waals surface area contributed by atoms with Crippen LogP contribution in [0.25, 0.3) is 6.08 Å². The van der Waals surface area contributed by atoms with Gasteiger partial charge in [-0.3, -0.25) is 9.59 Å². The molecule has 2 heterocycles. The van der Waals surface area contributed by atoms with Gasteiger partial charge < -0.3 is 26.2 Å². The highest BCUT2D eigenvalue weighted by atomic mass is 35.5. The molecule has 2 aliphatic carbocycles. The Hall–Kier alpha value is -3.46. The average Bonchev–Trinajstić information content (AvgIpc) is 3.31. The maximum absolute atomic E-state index is 12.3. The van der Waals surface area contributed by atoms with E-state index in [4.69, 9.17) is 27.2 Å². The molecule has 0 aromatic carbocycles. The van der Waals surface area contributed by atoms with E-state index in [1.54, 1.807) is 24.4 Å². The number of aliphatic hydroxyl groups is 1. The van der Waals surface area contributed by atoms with Crippen LogP contribution in [0.15, 0.2) is 82.0 Å². The molecule has 1 aliphatic heterocycles. The first-order valence-corrected chi connectivity index (χ1v) is 12.2. The number of pyridine rings is 1. The zero-order valence-corrected chi connectivity index (χ0v) is 20.6. The van der Waals surface area contributed by atoms with Gasteiger partial charge in [-0.05, 0) is 71.9 Å². The molecule has 0 spiro atoms. The van der Waals surface area contributed by atoms with E-state index >= 15 is 0 Å². The number of carbonyl (C=O) groups excluding carboxylic acids is 2. The number of aromatic nitrogens is 1. The number of nitrogens with two attached hydrogens (primary N) is 1. The zero-order chi connectivity index (χ0) is 25.5. The number of allylic oxidation sites excluding steroid dienone is 7. The number of amides is 1. The summed E-state index contributed by atoms with van der Waals surface area (Å²) in [6.45, 7) is 0.895. The summed E-state index contributed by atoms with van der Waals surface area (Å²) in [6, 6.07) is 3.46. The Morgan fingerprint density at radius 1 is 1.25 bits per heavy atom. The molecule has 4 rings (SSSR count). The van der Waals surface area contributed by atoms with Gasteiger partial charge in [0.15, 0.2) is 5.78 Å². The van der Waals surface area contributed by atoms with E-state index < -0.39 is 0 Å². The number of Topliss-reactive ketones (excluding diaryl/α,β-unsaturated/α-hetero) is 1. The maximum Gasteiger partial charge on any atom is 0.244 e. The van der Waals surface area contributed by atoms with Crippen LogP contribution in [0.1, 0.15) is 24.8 Å². The number of nitrogens with zero attached hydrogens (tertiary/aromatic N) is 1. The van der Waals surface area contributed by atoms with Crippen molar-refractivity contribution < 1.29 is 19.4 Å². The lowest BCUT2D eigenvalue weighted by Gasteiger charge is -2.23. The summed E-state index contributed by atoms with van der Waals surface area (Å²) in [4.78, 5) is 28.5.